The average Bonchev–Trinajstić information content (AvgIpc) is 2.65. The van der Waals surface area contributed by atoms with Crippen molar-refractivity contribution in [1.29, 1.82) is 0 Å². The molecule has 0 fully saturated rings. The van der Waals surface area contributed by atoms with E-state index < -0.39 is 0 Å². The second-order valence-electron chi connectivity index (χ2n) is 4.88. The summed E-state index contributed by atoms with van der Waals surface area (Å²) in [5.74, 6) is 0.716. The van der Waals surface area contributed by atoms with Crippen LogP contribution in [0.15, 0.2) is 24.8 Å². The minimum atomic E-state index is 0.716. The first-order valence-corrected chi connectivity index (χ1v) is 7.01. The van der Waals surface area contributed by atoms with Crippen LogP contribution in [-0.4, -0.2) is 25.0 Å². The Balaban J connectivity index is 2.34. The van der Waals surface area contributed by atoms with Crippen molar-refractivity contribution in [3.63, 3.8) is 0 Å². The number of rotatable bonds is 8. The van der Waals surface area contributed by atoms with Gasteiger partial charge in [-0.1, -0.05) is 19.9 Å². The fourth-order valence-corrected chi connectivity index (χ4v) is 2.71. The molecule has 17 heavy (non-hydrogen) atoms. The van der Waals surface area contributed by atoms with E-state index in [9.17, 15) is 0 Å². The lowest BCUT2D eigenvalue weighted by Gasteiger charge is -2.12. The molecule has 0 bridgehead atoms. The van der Waals surface area contributed by atoms with Gasteiger partial charge in [-0.3, -0.25) is 4.90 Å². The summed E-state index contributed by atoms with van der Waals surface area (Å²) in [7, 11) is 2.12. The summed E-state index contributed by atoms with van der Waals surface area (Å²) in [4.78, 5) is 5.12. The fraction of sp³-hybridized carbons (Fsp3) is 0.571. The first-order valence-electron chi connectivity index (χ1n) is 6.19. The van der Waals surface area contributed by atoms with Crippen molar-refractivity contribution in [2.45, 2.75) is 26.9 Å². The number of nitrogens with one attached hydrogen (secondary N) is 1. The predicted molar refractivity (Wildman–Crippen MR) is 77.4 cm³/mol. The Bertz CT molecular complexity index is 331. The summed E-state index contributed by atoms with van der Waals surface area (Å²) in [5.41, 5.74) is 0. The molecule has 1 aromatic heterocycles. The monoisotopic (exact) mass is 252 g/mol. The summed E-state index contributed by atoms with van der Waals surface area (Å²) in [6.07, 6.45) is 1.94. The smallest absolute Gasteiger partial charge is 0.0328 e. The molecule has 0 amide bonds. The molecule has 0 atom stereocenters. The van der Waals surface area contributed by atoms with E-state index in [-0.39, 0.29) is 0 Å². The van der Waals surface area contributed by atoms with Crippen LogP contribution in [0.4, 0.5) is 0 Å². The zero-order chi connectivity index (χ0) is 12.7. The van der Waals surface area contributed by atoms with Gasteiger partial charge in [-0.2, -0.15) is 0 Å². The standard InChI is InChI=1S/C14H24N2S/c1-5-8-16(4)11-14-7-6-13(17-14)10-15-9-12(2)3/h5-7,12,15H,1,8-11H2,2-4H3. The highest BCUT2D eigenvalue weighted by Crippen LogP contribution is 2.17. The molecule has 3 heteroatoms. The van der Waals surface area contributed by atoms with Crippen LogP contribution in [0, 0.1) is 5.92 Å². The third kappa shape index (κ3) is 6.01. The van der Waals surface area contributed by atoms with E-state index in [2.05, 4.69) is 49.8 Å². The minimum Gasteiger partial charge on any atom is -0.312 e. The van der Waals surface area contributed by atoms with Crippen LogP contribution < -0.4 is 5.32 Å². The predicted octanol–water partition coefficient (Wildman–Crippen LogP) is 3.11. The summed E-state index contributed by atoms with van der Waals surface area (Å²) in [6.45, 7) is 12.3. The van der Waals surface area contributed by atoms with E-state index in [0.717, 1.165) is 26.2 Å². The Morgan fingerprint density at radius 1 is 1.41 bits per heavy atom. The van der Waals surface area contributed by atoms with Gasteiger partial charge in [0.05, 0.1) is 0 Å². The van der Waals surface area contributed by atoms with Gasteiger partial charge in [0, 0.05) is 29.4 Å². The quantitative estimate of drug-likeness (QED) is 0.715. The van der Waals surface area contributed by atoms with Gasteiger partial charge in [-0.05, 0) is 31.6 Å². The maximum atomic E-state index is 3.76. The molecule has 1 rings (SSSR count). The Morgan fingerprint density at radius 3 is 2.76 bits per heavy atom. The van der Waals surface area contributed by atoms with Crippen molar-refractivity contribution in [2.24, 2.45) is 5.92 Å². The number of hydrogen-bond donors (Lipinski definition) is 1. The first-order chi connectivity index (χ1) is 8.11. The van der Waals surface area contributed by atoms with Crippen LogP contribution in [-0.2, 0) is 13.1 Å². The van der Waals surface area contributed by atoms with Gasteiger partial charge < -0.3 is 5.32 Å². The van der Waals surface area contributed by atoms with E-state index in [1.165, 1.54) is 9.75 Å². The molecule has 0 radical (unpaired) electrons. The van der Waals surface area contributed by atoms with Crippen LogP contribution in [0.5, 0.6) is 0 Å². The van der Waals surface area contributed by atoms with Crippen molar-refractivity contribution in [2.75, 3.05) is 20.1 Å². The minimum absolute atomic E-state index is 0.716. The zero-order valence-corrected chi connectivity index (χ0v) is 12.0. The number of likely N-dealkylation sites (N-methyl/N-ethyl adjacent to an activating group) is 1. The van der Waals surface area contributed by atoms with Crippen LogP contribution in [0.1, 0.15) is 23.6 Å². The molecule has 1 N–H and O–H groups in total. The molecule has 96 valence electrons. The lowest BCUT2D eigenvalue weighted by Crippen LogP contribution is -2.18. The summed E-state index contributed by atoms with van der Waals surface area (Å²) in [5, 5.41) is 3.47. The summed E-state index contributed by atoms with van der Waals surface area (Å²) >= 11 is 1.90. The number of thiophene rings is 1. The maximum Gasteiger partial charge on any atom is 0.0328 e. The van der Waals surface area contributed by atoms with E-state index in [1.54, 1.807) is 0 Å². The van der Waals surface area contributed by atoms with Crippen molar-refractivity contribution in [3.8, 4) is 0 Å². The van der Waals surface area contributed by atoms with Gasteiger partial charge in [0.2, 0.25) is 0 Å². The van der Waals surface area contributed by atoms with E-state index in [0.29, 0.717) is 5.92 Å². The molecule has 1 heterocycles. The molecule has 1 aromatic rings. The Morgan fingerprint density at radius 2 is 2.12 bits per heavy atom. The van der Waals surface area contributed by atoms with Crippen molar-refractivity contribution < 1.29 is 0 Å². The zero-order valence-electron chi connectivity index (χ0n) is 11.2. The second kappa shape index (κ2) is 7.64. The third-order valence-electron chi connectivity index (χ3n) is 2.44. The number of nitrogens with zero attached hydrogens (tertiary/aromatic N) is 1. The molecular weight excluding hydrogens is 228 g/mol. The summed E-state index contributed by atoms with van der Waals surface area (Å²) < 4.78 is 0. The Labute approximate surface area is 109 Å². The highest BCUT2D eigenvalue weighted by Gasteiger charge is 2.03. The van der Waals surface area contributed by atoms with Crippen LogP contribution in [0.3, 0.4) is 0 Å². The lowest BCUT2D eigenvalue weighted by atomic mass is 10.2. The highest BCUT2D eigenvalue weighted by atomic mass is 32.1. The topological polar surface area (TPSA) is 15.3 Å². The SMILES string of the molecule is C=CCN(C)Cc1ccc(CNCC(C)C)s1. The first kappa shape index (κ1) is 14.4. The molecule has 2 nitrogen and oxygen atoms in total. The molecule has 0 aliphatic heterocycles. The van der Waals surface area contributed by atoms with Gasteiger partial charge in [-0.25, -0.2) is 0 Å². The molecule has 0 aliphatic rings. The summed E-state index contributed by atoms with van der Waals surface area (Å²) in [6, 6.07) is 4.46. The highest BCUT2D eigenvalue weighted by molar-refractivity contribution is 7.11. The van der Waals surface area contributed by atoms with E-state index in [1.807, 2.05) is 17.4 Å². The Kier molecular flexibility index (Phi) is 6.48. The Hall–Kier alpha value is -0.640. The van der Waals surface area contributed by atoms with Gasteiger partial charge in [-0.15, -0.1) is 17.9 Å². The van der Waals surface area contributed by atoms with Crippen molar-refractivity contribution in [3.05, 3.63) is 34.5 Å². The molecule has 0 saturated heterocycles. The maximum absolute atomic E-state index is 3.76. The third-order valence-corrected chi connectivity index (χ3v) is 3.51. The molecular formula is C14H24N2S. The molecule has 0 aliphatic carbocycles. The van der Waals surface area contributed by atoms with E-state index in [4.69, 9.17) is 0 Å². The molecule has 0 aromatic carbocycles. The van der Waals surface area contributed by atoms with Crippen LogP contribution in [0.2, 0.25) is 0 Å². The molecule has 0 unspecified atom stereocenters. The van der Waals surface area contributed by atoms with Crippen molar-refractivity contribution in [1.82, 2.24) is 10.2 Å². The number of hydrogen-bond acceptors (Lipinski definition) is 3. The largest absolute Gasteiger partial charge is 0.312 e. The van der Waals surface area contributed by atoms with Gasteiger partial charge in [0.25, 0.3) is 0 Å². The van der Waals surface area contributed by atoms with E-state index >= 15 is 0 Å². The van der Waals surface area contributed by atoms with Crippen LogP contribution in [0.25, 0.3) is 0 Å². The fourth-order valence-electron chi connectivity index (χ4n) is 1.64. The van der Waals surface area contributed by atoms with Gasteiger partial charge >= 0.3 is 0 Å². The van der Waals surface area contributed by atoms with Crippen molar-refractivity contribution >= 4 is 11.3 Å². The lowest BCUT2D eigenvalue weighted by molar-refractivity contribution is 0.367. The molecule has 0 spiro atoms. The second-order valence-corrected chi connectivity index (χ2v) is 6.13. The molecule has 0 saturated carbocycles. The van der Waals surface area contributed by atoms with Gasteiger partial charge in [0.15, 0.2) is 0 Å². The van der Waals surface area contributed by atoms with Gasteiger partial charge in [0.1, 0.15) is 0 Å². The average molecular weight is 252 g/mol. The normalized spacial score (nSPS) is 11.4. The van der Waals surface area contributed by atoms with Crippen LogP contribution >= 0.6 is 11.3 Å².